The van der Waals surface area contributed by atoms with Gasteiger partial charge >= 0.3 is 5.97 Å². The lowest BCUT2D eigenvalue weighted by molar-refractivity contribution is -0.159. The average Bonchev–Trinajstić information content (AvgIpc) is 2.97. The van der Waals surface area contributed by atoms with Crippen molar-refractivity contribution in [3.63, 3.8) is 0 Å². The number of nitrogens with zero attached hydrogens (tertiary/aromatic N) is 1. The van der Waals surface area contributed by atoms with Crippen molar-refractivity contribution in [3.8, 4) is 5.75 Å². The number of hydrogen-bond donors (Lipinski definition) is 0. The molecule has 2 fully saturated rings. The number of likely N-dealkylation sites (tertiary alicyclic amines) is 1. The van der Waals surface area contributed by atoms with Gasteiger partial charge in [-0.3, -0.25) is 19.3 Å². The van der Waals surface area contributed by atoms with E-state index < -0.39 is 18.1 Å². The standard InChI is InChI=1S/C21H25NO6/c1-12(22-19(24)16-6-4-5-7-17(16)20(22)25)21(26)28-13(2)18(23)14-8-10-15(27-3)11-9-14/h8-13,16-17H,4-7H2,1-3H3/t12-,13+,16-,17+/m0/s1. The number of Topliss-reactive ketones (excluding diaryl/α,β-unsaturated/α-hetero) is 1. The molecule has 0 bridgehead atoms. The fraction of sp³-hybridized carbons (Fsp3) is 0.524. The summed E-state index contributed by atoms with van der Waals surface area (Å²) < 4.78 is 10.3. The summed E-state index contributed by atoms with van der Waals surface area (Å²) in [6.45, 7) is 2.95. The molecule has 1 saturated heterocycles. The topological polar surface area (TPSA) is 90.0 Å². The molecule has 3 rings (SSSR count). The third-order valence-electron chi connectivity index (χ3n) is 5.64. The molecule has 28 heavy (non-hydrogen) atoms. The molecular formula is C21H25NO6. The number of ether oxygens (including phenoxy) is 2. The lowest BCUT2D eigenvalue weighted by atomic mass is 9.81. The van der Waals surface area contributed by atoms with E-state index in [2.05, 4.69) is 0 Å². The lowest BCUT2D eigenvalue weighted by Crippen LogP contribution is -2.45. The maximum absolute atomic E-state index is 12.6. The molecule has 0 spiro atoms. The van der Waals surface area contributed by atoms with Gasteiger partial charge in [0.2, 0.25) is 17.6 Å². The Morgan fingerprint density at radius 2 is 1.54 bits per heavy atom. The van der Waals surface area contributed by atoms with Crippen LogP contribution in [-0.4, -0.2) is 47.7 Å². The molecule has 7 nitrogen and oxygen atoms in total. The van der Waals surface area contributed by atoms with E-state index in [4.69, 9.17) is 9.47 Å². The van der Waals surface area contributed by atoms with E-state index in [1.165, 1.54) is 21.0 Å². The van der Waals surface area contributed by atoms with Gasteiger partial charge in [-0.15, -0.1) is 0 Å². The molecule has 2 amide bonds. The van der Waals surface area contributed by atoms with E-state index in [9.17, 15) is 19.2 Å². The maximum Gasteiger partial charge on any atom is 0.329 e. The fourth-order valence-electron chi connectivity index (χ4n) is 3.99. The molecule has 1 saturated carbocycles. The van der Waals surface area contributed by atoms with Crippen molar-refractivity contribution in [3.05, 3.63) is 29.8 Å². The Hall–Kier alpha value is -2.70. The van der Waals surface area contributed by atoms with Gasteiger partial charge in [0.05, 0.1) is 18.9 Å². The van der Waals surface area contributed by atoms with Crippen LogP contribution >= 0.6 is 0 Å². The minimum atomic E-state index is -1.04. The van der Waals surface area contributed by atoms with Gasteiger partial charge in [0.15, 0.2) is 6.10 Å². The lowest BCUT2D eigenvalue weighted by Gasteiger charge is -2.23. The molecule has 1 aromatic carbocycles. The second kappa shape index (κ2) is 8.12. The minimum Gasteiger partial charge on any atom is -0.497 e. The van der Waals surface area contributed by atoms with Crippen LogP contribution in [0.1, 0.15) is 49.9 Å². The van der Waals surface area contributed by atoms with Crippen LogP contribution < -0.4 is 4.74 Å². The van der Waals surface area contributed by atoms with Crippen LogP contribution in [-0.2, 0) is 19.1 Å². The summed E-state index contributed by atoms with van der Waals surface area (Å²) in [7, 11) is 1.53. The largest absolute Gasteiger partial charge is 0.497 e. The van der Waals surface area contributed by atoms with Gasteiger partial charge in [0, 0.05) is 5.56 Å². The molecule has 150 valence electrons. The van der Waals surface area contributed by atoms with Crippen LogP contribution in [0.4, 0.5) is 0 Å². The third kappa shape index (κ3) is 3.66. The minimum absolute atomic E-state index is 0.298. The Bertz CT molecular complexity index is 763. The predicted octanol–water partition coefficient (Wildman–Crippen LogP) is 2.37. The molecule has 1 aliphatic carbocycles. The number of carbonyl (C=O) groups excluding carboxylic acids is 4. The molecule has 0 aromatic heterocycles. The molecule has 4 atom stereocenters. The zero-order valence-electron chi connectivity index (χ0n) is 16.3. The molecule has 0 unspecified atom stereocenters. The highest BCUT2D eigenvalue weighted by molar-refractivity contribution is 6.08. The number of rotatable bonds is 6. The average molecular weight is 387 g/mol. The number of fused-ring (bicyclic) bond motifs is 1. The molecule has 1 heterocycles. The summed E-state index contributed by atoms with van der Waals surface area (Å²) in [4.78, 5) is 51.3. The highest BCUT2D eigenvalue weighted by Crippen LogP contribution is 2.39. The number of esters is 1. The molecule has 0 N–H and O–H groups in total. The van der Waals surface area contributed by atoms with Crippen molar-refractivity contribution in [2.24, 2.45) is 11.8 Å². The van der Waals surface area contributed by atoms with Crippen LogP contribution in [0.5, 0.6) is 5.75 Å². The summed E-state index contributed by atoms with van der Waals surface area (Å²) in [6.07, 6.45) is 2.17. The Labute approximate surface area is 164 Å². The van der Waals surface area contributed by atoms with Crippen molar-refractivity contribution >= 4 is 23.6 Å². The summed E-state index contributed by atoms with van der Waals surface area (Å²) in [5.41, 5.74) is 0.382. The van der Waals surface area contributed by atoms with Crippen LogP contribution in [0.3, 0.4) is 0 Å². The number of amides is 2. The summed E-state index contributed by atoms with van der Waals surface area (Å²) in [5.74, 6) is -1.75. The van der Waals surface area contributed by atoms with Crippen LogP contribution in [0.25, 0.3) is 0 Å². The molecular weight excluding hydrogens is 362 g/mol. The number of ketones is 1. The van der Waals surface area contributed by atoms with E-state index in [0.29, 0.717) is 24.2 Å². The first-order chi connectivity index (χ1) is 13.3. The smallest absolute Gasteiger partial charge is 0.329 e. The highest BCUT2D eigenvalue weighted by atomic mass is 16.5. The first-order valence-electron chi connectivity index (χ1n) is 9.60. The van der Waals surface area contributed by atoms with E-state index in [1.807, 2.05) is 0 Å². The van der Waals surface area contributed by atoms with Gasteiger partial charge in [-0.25, -0.2) is 4.79 Å². The molecule has 7 heteroatoms. The van der Waals surface area contributed by atoms with Crippen molar-refractivity contribution in [1.82, 2.24) is 4.90 Å². The molecule has 1 aromatic rings. The van der Waals surface area contributed by atoms with Gasteiger partial charge in [0.1, 0.15) is 11.8 Å². The van der Waals surface area contributed by atoms with Gasteiger partial charge in [0.25, 0.3) is 0 Å². The number of carbonyl (C=O) groups is 4. The first-order valence-corrected chi connectivity index (χ1v) is 9.60. The summed E-state index contributed by atoms with van der Waals surface area (Å²) in [5, 5.41) is 0. The SMILES string of the molecule is COc1ccc(C(=O)[C@@H](C)OC(=O)[C@H](C)N2C(=O)[C@H]3CCCC[C@H]3C2=O)cc1. The van der Waals surface area contributed by atoms with E-state index in [-0.39, 0.29) is 29.4 Å². The maximum atomic E-state index is 12.6. The number of hydrogen-bond acceptors (Lipinski definition) is 6. The molecule has 2 aliphatic rings. The van der Waals surface area contributed by atoms with Gasteiger partial charge in [-0.1, -0.05) is 12.8 Å². The Morgan fingerprint density at radius 1 is 1.00 bits per heavy atom. The van der Waals surface area contributed by atoms with Crippen LogP contribution in [0.15, 0.2) is 24.3 Å². The second-order valence-corrected chi connectivity index (χ2v) is 7.39. The van der Waals surface area contributed by atoms with E-state index >= 15 is 0 Å². The van der Waals surface area contributed by atoms with E-state index in [1.54, 1.807) is 24.3 Å². The van der Waals surface area contributed by atoms with Crippen molar-refractivity contribution < 1.29 is 28.7 Å². The van der Waals surface area contributed by atoms with Gasteiger partial charge < -0.3 is 9.47 Å². The quantitative estimate of drug-likeness (QED) is 0.423. The Morgan fingerprint density at radius 3 is 2.04 bits per heavy atom. The first kappa shape index (κ1) is 20.0. The van der Waals surface area contributed by atoms with E-state index in [0.717, 1.165) is 17.7 Å². The normalized spacial score (nSPS) is 23.8. The third-order valence-corrected chi connectivity index (χ3v) is 5.64. The van der Waals surface area contributed by atoms with Crippen molar-refractivity contribution in [2.45, 2.75) is 51.7 Å². The van der Waals surface area contributed by atoms with Crippen LogP contribution in [0.2, 0.25) is 0 Å². The van der Waals surface area contributed by atoms with Crippen LogP contribution in [0, 0.1) is 11.8 Å². The van der Waals surface area contributed by atoms with Crippen molar-refractivity contribution in [2.75, 3.05) is 7.11 Å². The fourth-order valence-corrected chi connectivity index (χ4v) is 3.99. The Kier molecular flexibility index (Phi) is 5.82. The number of methoxy groups -OCH3 is 1. The zero-order valence-corrected chi connectivity index (χ0v) is 16.3. The number of imide groups is 1. The summed E-state index contributed by atoms with van der Waals surface area (Å²) >= 11 is 0. The van der Waals surface area contributed by atoms with Gasteiger partial charge in [-0.2, -0.15) is 0 Å². The van der Waals surface area contributed by atoms with Crippen molar-refractivity contribution in [1.29, 1.82) is 0 Å². The Balaban J connectivity index is 1.65. The summed E-state index contributed by atoms with van der Waals surface area (Å²) in [6, 6.07) is 5.43. The predicted molar refractivity (Wildman–Crippen MR) is 99.6 cm³/mol. The highest BCUT2D eigenvalue weighted by Gasteiger charge is 2.51. The monoisotopic (exact) mass is 387 g/mol. The van der Waals surface area contributed by atoms with Gasteiger partial charge in [-0.05, 0) is 51.0 Å². The molecule has 1 aliphatic heterocycles. The zero-order chi connectivity index (χ0) is 20.4. The number of benzene rings is 1. The second-order valence-electron chi connectivity index (χ2n) is 7.39. The molecule has 0 radical (unpaired) electrons.